The van der Waals surface area contributed by atoms with Crippen molar-refractivity contribution in [3.63, 3.8) is 0 Å². The second kappa shape index (κ2) is 6.36. The van der Waals surface area contributed by atoms with Crippen molar-refractivity contribution in [3.05, 3.63) is 17.7 Å². The zero-order valence-corrected chi connectivity index (χ0v) is 13.7. The van der Waals surface area contributed by atoms with E-state index in [2.05, 4.69) is 4.98 Å². The number of carbonyl (C=O) groups is 1. The number of aromatic nitrogens is 1. The number of hydrogen-bond acceptors (Lipinski definition) is 5. The molecule has 2 aliphatic rings. The van der Waals surface area contributed by atoms with E-state index in [0.717, 1.165) is 32.1 Å². The van der Waals surface area contributed by atoms with Crippen LogP contribution in [0.2, 0.25) is 0 Å². The number of hydrogen-bond donors (Lipinski definition) is 0. The van der Waals surface area contributed by atoms with Gasteiger partial charge in [-0.2, -0.15) is 4.98 Å². The Kier molecular flexibility index (Phi) is 4.47. The van der Waals surface area contributed by atoms with Gasteiger partial charge in [0, 0.05) is 33.3 Å². The minimum Gasteiger partial charge on any atom is -0.481 e. The zero-order chi connectivity index (χ0) is 15.7. The van der Waals surface area contributed by atoms with Crippen LogP contribution >= 0.6 is 0 Å². The highest BCUT2D eigenvalue weighted by Crippen LogP contribution is 2.39. The third-order valence-electron chi connectivity index (χ3n) is 4.68. The first-order chi connectivity index (χ1) is 10.6. The van der Waals surface area contributed by atoms with Gasteiger partial charge in [0.1, 0.15) is 0 Å². The molecule has 2 fully saturated rings. The van der Waals surface area contributed by atoms with Crippen molar-refractivity contribution in [1.82, 2.24) is 4.98 Å². The number of carbonyl (C=O) groups excluding carboxylic acids is 1. The van der Waals surface area contributed by atoms with Crippen molar-refractivity contribution < 1.29 is 18.5 Å². The van der Waals surface area contributed by atoms with E-state index in [4.69, 9.17) is 9.47 Å². The van der Waals surface area contributed by atoms with Crippen molar-refractivity contribution >= 4 is 16.6 Å². The predicted molar refractivity (Wildman–Crippen MR) is 84.0 cm³/mol. The first-order valence-electron chi connectivity index (χ1n) is 7.66. The summed E-state index contributed by atoms with van der Waals surface area (Å²) < 4.78 is 22.6. The normalized spacial score (nSPS) is 30.6. The highest BCUT2D eigenvalue weighted by atomic mass is 32.2. The van der Waals surface area contributed by atoms with Crippen LogP contribution in [0.25, 0.3) is 0 Å². The summed E-state index contributed by atoms with van der Waals surface area (Å²) in [6.45, 7) is 0. The second-order valence-corrected chi connectivity index (χ2v) is 7.94. The molecule has 0 N–H and O–H groups in total. The smallest absolute Gasteiger partial charge is 0.227 e. The molecule has 2 saturated heterocycles. The van der Waals surface area contributed by atoms with Gasteiger partial charge in [-0.3, -0.25) is 9.00 Å². The van der Waals surface area contributed by atoms with E-state index in [1.54, 1.807) is 12.1 Å². The summed E-state index contributed by atoms with van der Waals surface area (Å²) in [4.78, 5) is 17.0. The summed E-state index contributed by atoms with van der Waals surface area (Å²) in [5.41, 5.74) is 0.499. The fourth-order valence-electron chi connectivity index (χ4n) is 3.55. The van der Waals surface area contributed by atoms with Crippen LogP contribution in [0.5, 0.6) is 11.8 Å². The number of ether oxygens (including phenoxy) is 2. The number of rotatable bonds is 4. The van der Waals surface area contributed by atoms with E-state index in [1.165, 1.54) is 14.2 Å². The first kappa shape index (κ1) is 15.5. The average Bonchev–Trinajstić information content (AvgIpc) is 2.53. The van der Waals surface area contributed by atoms with Crippen molar-refractivity contribution in [2.45, 2.75) is 42.6 Å². The third-order valence-corrected chi connectivity index (χ3v) is 6.85. The molecule has 3 heterocycles. The van der Waals surface area contributed by atoms with Crippen LogP contribution < -0.4 is 9.47 Å². The Morgan fingerprint density at radius 1 is 1.18 bits per heavy atom. The second-order valence-electron chi connectivity index (χ2n) is 5.95. The summed E-state index contributed by atoms with van der Waals surface area (Å²) in [5, 5.41) is 0.359. The molecule has 22 heavy (non-hydrogen) atoms. The number of nitrogens with zero attached hydrogens (tertiary/aromatic N) is 1. The van der Waals surface area contributed by atoms with E-state index in [1.807, 2.05) is 0 Å². The van der Waals surface area contributed by atoms with Gasteiger partial charge >= 0.3 is 0 Å². The van der Waals surface area contributed by atoms with Gasteiger partial charge in [-0.1, -0.05) is 6.42 Å². The van der Waals surface area contributed by atoms with Gasteiger partial charge in [0.15, 0.2) is 5.78 Å². The topological polar surface area (TPSA) is 65.5 Å². The Bertz CT molecular complexity index is 588. The summed E-state index contributed by atoms with van der Waals surface area (Å²) in [7, 11) is 2.27. The Morgan fingerprint density at radius 3 is 2.45 bits per heavy atom. The molecule has 0 saturated carbocycles. The molecule has 6 heteroatoms. The molecule has 2 atom stereocenters. The highest BCUT2D eigenvalue weighted by Gasteiger charge is 2.41. The molecular weight excluding hydrogens is 302 g/mol. The molecule has 2 bridgehead atoms. The lowest BCUT2D eigenvalue weighted by molar-refractivity contribution is 0.0891. The van der Waals surface area contributed by atoms with Gasteiger partial charge < -0.3 is 9.47 Å². The van der Waals surface area contributed by atoms with Crippen molar-refractivity contribution in [3.8, 4) is 11.8 Å². The Labute approximate surface area is 132 Å². The molecule has 0 amide bonds. The summed E-state index contributed by atoms with van der Waals surface area (Å²) in [6.07, 6.45) is 4.53. The standard InChI is InChI=1S/C16H21NO4S/c1-20-14-7-6-13(16(17-14)21-2)15(18)10-8-11-4-3-5-12(9-10)22(11)19/h6-7,10-12H,3-5,8-9H2,1-2H3. The van der Waals surface area contributed by atoms with Gasteiger partial charge in [-0.05, 0) is 31.7 Å². The molecular formula is C16H21NO4S. The Balaban J connectivity index is 1.84. The lowest BCUT2D eigenvalue weighted by atomic mass is 9.84. The van der Waals surface area contributed by atoms with E-state index >= 15 is 0 Å². The summed E-state index contributed by atoms with van der Waals surface area (Å²) in [5.74, 6) is 0.717. The first-order valence-corrected chi connectivity index (χ1v) is 8.94. The molecule has 2 unspecified atom stereocenters. The number of ketones is 1. The number of fused-ring (bicyclic) bond motifs is 2. The SMILES string of the molecule is COc1ccc(C(=O)C2CC3CCCC(C2)S3=O)c(OC)n1. The maximum absolute atomic E-state index is 12.9. The van der Waals surface area contributed by atoms with Crippen LogP contribution in [0.1, 0.15) is 42.5 Å². The number of Topliss-reactive ketones (excluding diaryl/α,β-unsaturated/α-hetero) is 1. The molecule has 1 aromatic rings. The fourth-order valence-corrected chi connectivity index (χ4v) is 5.73. The predicted octanol–water partition coefficient (Wildman–Crippen LogP) is 2.36. The minimum absolute atomic E-state index is 0.0561. The van der Waals surface area contributed by atoms with E-state index in [-0.39, 0.29) is 22.2 Å². The van der Waals surface area contributed by atoms with E-state index in [9.17, 15) is 9.00 Å². The number of pyridine rings is 1. The fraction of sp³-hybridized carbons (Fsp3) is 0.625. The van der Waals surface area contributed by atoms with Gasteiger partial charge in [-0.15, -0.1) is 0 Å². The highest BCUT2D eigenvalue weighted by molar-refractivity contribution is 7.86. The maximum Gasteiger partial charge on any atom is 0.227 e. The van der Waals surface area contributed by atoms with Crippen LogP contribution in [0.4, 0.5) is 0 Å². The molecule has 0 radical (unpaired) electrons. The van der Waals surface area contributed by atoms with Crippen LogP contribution in [0.15, 0.2) is 12.1 Å². The molecule has 0 aliphatic carbocycles. The maximum atomic E-state index is 12.9. The van der Waals surface area contributed by atoms with Crippen LogP contribution in [-0.4, -0.2) is 39.7 Å². The average molecular weight is 323 g/mol. The van der Waals surface area contributed by atoms with Crippen molar-refractivity contribution in [2.75, 3.05) is 14.2 Å². The molecule has 2 aliphatic heterocycles. The van der Waals surface area contributed by atoms with Gasteiger partial charge in [0.25, 0.3) is 0 Å². The van der Waals surface area contributed by atoms with Crippen molar-refractivity contribution in [2.24, 2.45) is 5.92 Å². The van der Waals surface area contributed by atoms with Crippen molar-refractivity contribution in [1.29, 1.82) is 0 Å². The van der Waals surface area contributed by atoms with Gasteiger partial charge in [-0.25, -0.2) is 0 Å². The third kappa shape index (κ3) is 2.76. The molecule has 1 aromatic heterocycles. The monoisotopic (exact) mass is 323 g/mol. The van der Waals surface area contributed by atoms with E-state index < -0.39 is 10.8 Å². The Hall–Kier alpha value is -1.43. The lowest BCUT2D eigenvalue weighted by Gasteiger charge is -2.37. The van der Waals surface area contributed by atoms with Gasteiger partial charge in [0.2, 0.25) is 11.8 Å². The van der Waals surface area contributed by atoms with E-state index in [0.29, 0.717) is 17.3 Å². The quantitative estimate of drug-likeness (QED) is 0.796. The van der Waals surface area contributed by atoms with Crippen LogP contribution in [0, 0.1) is 5.92 Å². The molecule has 0 aromatic carbocycles. The van der Waals surface area contributed by atoms with Gasteiger partial charge in [0.05, 0.1) is 19.8 Å². The molecule has 0 spiro atoms. The van der Waals surface area contributed by atoms with Crippen LogP contribution in [0.3, 0.4) is 0 Å². The molecule has 120 valence electrons. The molecule has 5 nitrogen and oxygen atoms in total. The summed E-state index contributed by atoms with van der Waals surface area (Å²) >= 11 is 0. The molecule has 3 rings (SSSR count). The lowest BCUT2D eigenvalue weighted by Crippen LogP contribution is -2.41. The number of methoxy groups -OCH3 is 2. The zero-order valence-electron chi connectivity index (χ0n) is 12.9. The Morgan fingerprint density at radius 2 is 1.86 bits per heavy atom. The largest absolute Gasteiger partial charge is 0.481 e. The van der Waals surface area contributed by atoms with Crippen LogP contribution in [-0.2, 0) is 10.8 Å². The minimum atomic E-state index is -0.761. The summed E-state index contributed by atoms with van der Waals surface area (Å²) in [6, 6.07) is 3.39.